The second-order valence-corrected chi connectivity index (χ2v) is 4.99. The molecular formula is C16H19N3O3. The van der Waals surface area contributed by atoms with Crippen molar-refractivity contribution in [3.05, 3.63) is 47.7 Å². The number of hydrogen-bond donors (Lipinski definition) is 1. The molecule has 2 rings (SSSR count). The van der Waals surface area contributed by atoms with Gasteiger partial charge in [0.25, 0.3) is 0 Å². The highest BCUT2D eigenvalue weighted by Crippen LogP contribution is 2.13. The minimum absolute atomic E-state index is 0.0733. The monoisotopic (exact) mass is 301 g/mol. The summed E-state index contributed by atoms with van der Waals surface area (Å²) in [6.07, 6.45) is 0.746. The summed E-state index contributed by atoms with van der Waals surface area (Å²) < 4.78 is 4.94. The molecule has 1 heterocycles. The summed E-state index contributed by atoms with van der Waals surface area (Å²) in [5.41, 5.74) is 1.15. The van der Waals surface area contributed by atoms with Crippen molar-refractivity contribution in [3.8, 4) is 0 Å². The summed E-state index contributed by atoms with van der Waals surface area (Å²) >= 11 is 0. The molecule has 0 aliphatic carbocycles. The second kappa shape index (κ2) is 7.40. The van der Waals surface area contributed by atoms with Gasteiger partial charge < -0.3 is 9.84 Å². The zero-order valence-corrected chi connectivity index (χ0v) is 12.7. The van der Waals surface area contributed by atoms with Gasteiger partial charge in [-0.05, 0) is 18.9 Å². The van der Waals surface area contributed by atoms with Crippen molar-refractivity contribution in [3.63, 3.8) is 0 Å². The van der Waals surface area contributed by atoms with Crippen LogP contribution in [0.5, 0.6) is 0 Å². The van der Waals surface area contributed by atoms with E-state index in [-0.39, 0.29) is 18.4 Å². The molecule has 2 amide bonds. The fourth-order valence-corrected chi connectivity index (χ4v) is 2.02. The lowest BCUT2D eigenvalue weighted by Gasteiger charge is -2.17. The zero-order valence-electron chi connectivity index (χ0n) is 12.7. The van der Waals surface area contributed by atoms with Crippen LogP contribution in [0, 0.1) is 6.92 Å². The lowest BCUT2D eigenvalue weighted by atomic mass is 10.1. The number of nitrogens with one attached hydrogen (secondary N) is 1. The number of rotatable bonds is 6. The molecule has 0 aliphatic heterocycles. The van der Waals surface area contributed by atoms with Crippen molar-refractivity contribution >= 4 is 17.6 Å². The van der Waals surface area contributed by atoms with Gasteiger partial charge in [-0.2, -0.15) is 0 Å². The van der Waals surface area contributed by atoms with Gasteiger partial charge in [0.05, 0.1) is 0 Å². The van der Waals surface area contributed by atoms with E-state index in [0.717, 1.165) is 12.0 Å². The van der Waals surface area contributed by atoms with Crippen LogP contribution in [0.25, 0.3) is 0 Å². The molecule has 6 heteroatoms. The van der Waals surface area contributed by atoms with Crippen molar-refractivity contribution < 1.29 is 14.1 Å². The van der Waals surface area contributed by atoms with E-state index >= 15 is 0 Å². The Morgan fingerprint density at radius 1 is 1.27 bits per heavy atom. The number of benzene rings is 1. The standard InChI is InChI=1S/C16H19N3O3/c1-12-10-15(18-22-12)19(13(2)20)11-16(21)17-9-8-14-6-4-3-5-7-14/h3-7,10H,8-9,11H2,1-2H3,(H,17,21). The molecule has 2 aromatic rings. The van der Waals surface area contributed by atoms with Crippen LogP contribution in [0.15, 0.2) is 40.9 Å². The van der Waals surface area contributed by atoms with Crippen LogP contribution >= 0.6 is 0 Å². The zero-order chi connectivity index (χ0) is 15.9. The summed E-state index contributed by atoms with van der Waals surface area (Å²) in [4.78, 5) is 24.9. The molecule has 0 fully saturated rings. The lowest BCUT2D eigenvalue weighted by Crippen LogP contribution is -2.40. The van der Waals surface area contributed by atoms with Crippen LogP contribution in [0.3, 0.4) is 0 Å². The highest BCUT2D eigenvalue weighted by molar-refractivity contribution is 5.96. The lowest BCUT2D eigenvalue weighted by molar-refractivity contribution is -0.123. The number of aryl methyl sites for hydroxylation is 1. The third-order valence-corrected chi connectivity index (χ3v) is 3.15. The van der Waals surface area contributed by atoms with E-state index in [9.17, 15) is 9.59 Å². The van der Waals surface area contributed by atoms with E-state index in [4.69, 9.17) is 4.52 Å². The first-order valence-corrected chi connectivity index (χ1v) is 7.08. The van der Waals surface area contributed by atoms with Crippen molar-refractivity contribution in [2.75, 3.05) is 18.0 Å². The quantitative estimate of drug-likeness (QED) is 0.881. The molecule has 0 atom stereocenters. The normalized spacial score (nSPS) is 10.3. The van der Waals surface area contributed by atoms with Crippen LogP contribution in [-0.2, 0) is 16.0 Å². The molecule has 0 saturated heterocycles. The van der Waals surface area contributed by atoms with E-state index in [2.05, 4.69) is 10.5 Å². The maximum Gasteiger partial charge on any atom is 0.240 e. The van der Waals surface area contributed by atoms with E-state index in [1.165, 1.54) is 11.8 Å². The first-order valence-electron chi connectivity index (χ1n) is 7.08. The summed E-state index contributed by atoms with van der Waals surface area (Å²) in [6, 6.07) is 11.5. The smallest absolute Gasteiger partial charge is 0.240 e. The number of anilines is 1. The van der Waals surface area contributed by atoms with Crippen molar-refractivity contribution in [1.82, 2.24) is 10.5 Å². The molecule has 1 aromatic carbocycles. The van der Waals surface area contributed by atoms with Crippen molar-refractivity contribution in [2.24, 2.45) is 0 Å². The maximum atomic E-state index is 12.0. The number of hydrogen-bond acceptors (Lipinski definition) is 4. The Bertz CT molecular complexity index is 637. The minimum atomic E-state index is -0.258. The number of carbonyl (C=O) groups excluding carboxylic acids is 2. The SMILES string of the molecule is CC(=O)N(CC(=O)NCCc1ccccc1)c1cc(C)on1. The fourth-order valence-electron chi connectivity index (χ4n) is 2.02. The van der Waals surface area contributed by atoms with E-state index < -0.39 is 0 Å². The summed E-state index contributed by atoms with van der Waals surface area (Å²) in [5.74, 6) is 0.451. The number of amides is 2. The van der Waals surface area contributed by atoms with E-state index in [1.54, 1.807) is 13.0 Å². The molecule has 0 spiro atoms. The molecule has 22 heavy (non-hydrogen) atoms. The molecule has 1 aromatic heterocycles. The first kappa shape index (κ1) is 15.8. The Morgan fingerprint density at radius 3 is 2.59 bits per heavy atom. The average molecular weight is 301 g/mol. The molecule has 116 valence electrons. The van der Waals surface area contributed by atoms with Gasteiger partial charge in [-0.3, -0.25) is 14.5 Å². The molecule has 0 unspecified atom stereocenters. The number of aromatic nitrogens is 1. The highest BCUT2D eigenvalue weighted by atomic mass is 16.5. The van der Waals surface area contributed by atoms with Crippen LogP contribution in [0.2, 0.25) is 0 Å². The Morgan fingerprint density at radius 2 is 2.00 bits per heavy atom. The second-order valence-electron chi connectivity index (χ2n) is 4.99. The van der Waals surface area contributed by atoms with Gasteiger partial charge in [0.2, 0.25) is 11.8 Å². The molecule has 1 N–H and O–H groups in total. The predicted molar refractivity (Wildman–Crippen MR) is 82.4 cm³/mol. The van der Waals surface area contributed by atoms with Crippen LogP contribution in [0.4, 0.5) is 5.82 Å². The minimum Gasteiger partial charge on any atom is -0.360 e. The van der Waals surface area contributed by atoms with Crippen LogP contribution in [0.1, 0.15) is 18.2 Å². The number of carbonyl (C=O) groups is 2. The van der Waals surface area contributed by atoms with Gasteiger partial charge in [0.15, 0.2) is 5.82 Å². The van der Waals surface area contributed by atoms with E-state index in [1.807, 2.05) is 30.3 Å². The first-order chi connectivity index (χ1) is 10.6. The third kappa shape index (κ3) is 4.44. The van der Waals surface area contributed by atoms with E-state index in [0.29, 0.717) is 18.1 Å². The Balaban J connectivity index is 1.85. The summed E-state index contributed by atoms with van der Waals surface area (Å²) in [7, 11) is 0. The molecule has 6 nitrogen and oxygen atoms in total. The van der Waals surface area contributed by atoms with Gasteiger partial charge in [0, 0.05) is 19.5 Å². The van der Waals surface area contributed by atoms with Crippen molar-refractivity contribution in [2.45, 2.75) is 20.3 Å². The van der Waals surface area contributed by atoms with Crippen LogP contribution in [-0.4, -0.2) is 30.1 Å². The van der Waals surface area contributed by atoms with Gasteiger partial charge in [-0.15, -0.1) is 0 Å². The van der Waals surface area contributed by atoms with Gasteiger partial charge >= 0.3 is 0 Å². The summed E-state index contributed by atoms with van der Waals surface area (Å²) in [5, 5.41) is 6.57. The molecule has 0 saturated carbocycles. The maximum absolute atomic E-state index is 12.0. The predicted octanol–water partition coefficient (Wildman–Crippen LogP) is 1.69. The van der Waals surface area contributed by atoms with Crippen LogP contribution < -0.4 is 10.2 Å². The van der Waals surface area contributed by atoms with Gasteiger partial charge in [-0.1, -0.05) is 35.5 Å². The van der Waals surface area contributed by atoms with Gasteiger partial charge in [-0.25, -0.2) is 0 Å². The number of nitrogens with zero attached hydrogens (tertiary/aromatic N) is 2. The summed E-state index contributed by atoms with van der Waals surface area (Å²) in [6.45, 7) is 3.57. The topological polar surface area (TPSA) is 75.4 Å². The molecule has 0 radical (unpaired) electrons. The van der Waals surface area contributed by atoms with Crippen molar-refractivity contribution in [1.29, 1.82) is 0 Å². The Labute approximate surface area is 129 Å². The third-order valence-electron chi connectivity index (χ3n) is 3.15. The van der Waals surface area contributed by atoms with Gasteiger partial charge in [0.1, 0.15) is 12.3 Å². The average Bonchev–Trinajstić information content (AvgIpc) is 2.92. The Kier molecular flexibility index (Phi) is 5.30. The Hall–Kier alpha value is -2.63. The fraction of sp³-hybridized carbons (Fsp3) is 0.312. The molecule has 0 aliphatic rings. The molecular weight excluding hydrogens is 282 g/mol. The highest BCUT2D eigenvalue weighted by Gasteiger charge is 2.18. The molecule has 0 bridgehead atoms. The largest absolute Gasteiger partial charge is 0.360 e.